The van der Waals surface area contributed by atoms with E-state index in [9.17, 15) is 0 Å². The number of rotatable bonds is 3. The number of hydrogen-bond acceptors (Lipinski definition) is 3. The Labute approximate surface area is 111 Å². The van der Waals surface area contributed by atoms with Gasteiger partial charge < -0.3 is 9.15 Å². The summed E-state index contributed by atoms with van der Waals surface area (Å²) in [6.07, 6.45) is 1.69. The second-order valence-electron chi connectivity index (χ2n) is 4.09. The van der Waals surface area contributed by atoms with Crippen LogP contribution in [0.5, 0.6) is 5.75 Å². The molecule has 3 heteroatoms. The number of hydrogen-bond donors (Lipinski definition) is 0. The molecule has 19 heavy (non-hydrogen) atoms. The van der Waals surface area contributed by atoms with Gasteiger partial charge in [0.2, 0.25) is 0 Å². The van der Waals surface area contributed by atoms with Gasteiger partial charge in [0.25, 0.3) is 0 Å². The van der Waals surface area contributed by atoms with E-state index < -0.39 is 0 Å². The van der Waals surface area contributed by atoms with Crippen LogP contribution in [-0.2, 0) is 0 Å². The number of methoxy groups -OCH3 is 1. The number of benzene rings is 2. The van der Waals surface area contributed by atoms with Crippen LogP contribution in [-0.4, -0.2) is 13.3 Å². The van der Waals surface area contributed by atoms with E-state index in [2.05, 4.69) is 4.99 Å². The molecule has 0 saturated carbocycles. The highest BCUT2D eigenvalue weighted by Crippen LogP contribution is 2.31. The standard InChI is InChI=1S/C16H13NO2/c1-18-16-13-9-5-6-10-14(13)19-15(16)11-17-12-7-3-2-4-8-12/h2-11H,1H3. The molecule has 0 radical (unpaired) electrons. The molecule has 0 aliphatic rings. The van der Waals surface area contributed by atoms with Crippen LogP contribution >= 0.6 is 0 Å². The maximum atomic E-state index is 5.74. The molecule has 2 aromatic carbocycles. The van der Waals surface area contributed by atoms with E-state index in [1.54, 1.807) is 13.3 Å². The van der Waals surface area contributed by atoms with E-state index in [0.29, 0.717) is 5.76 Å². The van der Waals surface area contributed by atoms with Crippen LogP contribution in [0.2, 0.25) is 0 Å². The Kier molecular flexibility index (Phi) is 3.02. The fourth-order valence-electron chi connectivity index (χ4n) is 1.98. The van der Waals surface area contributed by atoms with Crippen molar-refractivity contribution in [2.75, 3.05) is 7.11 Å². The summed E-state index contributed by atoms with van der Waals surface area (Å²) in [6, 6.07) is 17.5. The van der Waals surface area contributed by atoms with E-state index >= 15 is 0 Å². The van der Waals surface area contributed by atoms with Crippen LogP contribution in [0.1, 0.15) is 5.76 Å². The molecule has 1 heterocycles. The third kappa shape index (κ3) is 2.22. The first-order chi connectivity index (χ1) is 9.38. The smallest absolute Gasteiger partial charge is 0.188 e. The molecule has 0 amide bonds. The zero-order valence-corrected chi connectivity index (χ0v) is 10.5. The second-order valence-corrected chi connectivity index (χ2v) is 4.09. The van der Waals surface area contributed by atoms with Crippen molar-refractivity contribution in [2.45, 2.75) is 0 Å². The highest BCUT2D eigenvalue weighted by molar-refractivity contribution is 5.95. The monoisotopic (exact) mass is 251 g/mol. The first-order valence-electron chi connectivity index (χ1n) is 6.03. The van der Waals surface area contributed by atoms with Gasteiger partial charge >= 0.3 is 0 Å². The highest BCUT2D eigenvalue weighted by Gasteiger charge is 2.12. The number of aliphatic imine (C=N–C) groups is 1. The Bertz CT molecular complexity index is 714. The fraction of sp³-hybridized carbons (Fsp3) is 0.0625. The molecule has 0 aliphatic heterocycles. The normalized spacial score (nSPS) is 11.2. The summed E-state index contributed by atoms with van der Waals surface area (Å²) in [5.74, 6) is 1.35. The van der Waals surface area contributed by atoms with Crippen molar-refractivity contribution in [3.8, 4) is 5.75 Å². The lowest BCUT2D eigenvalue weighted by Crippen LogP contribution is -1.85. The molecule has 0 atom stereocenters. The number of nitrogens with zero attached hydrogens (tertiary/aromatic N) is 1. The molecule has 0 bridgehead atoms. The van der Waals surface area contributed by atoms with Crippen molar-refractivity contribution < 1.29 is 9.15 Å². The Balaban J connectivity index is 2.03. The van der Waals surface area contributed by atoms with Gasteiger partial charge in [-0.05, 0) is 24.3 Å². The Morgan fingerprint density at radius 1 is 1.00 bits per heavy atom. The summed E-state index contributed by atoms with van der Waals surface area (Å²) in [5.41, 5.74) is 1.68. The lowest BCUT2D eigenvalue weighted by Gasteiger charge is -1.96. The van der Waals surface area contributed by atoms with Crippen LogP contribution in [0.15, 0.2) is 64.0 Å². The lowest BCUT2D eigenvalue weighted by molar-refractivity contribution is 0.408. The summed E-state index contributed by atoms with van der Waals surface area (Å²) in [4.78, 5) is 4.38. The van der Waals surface area contributed by atoms with Crippen LogP contribution in [0.4, 0.5) is 5.69 Å². The van der Waals surface area contributed by atoms with Gasteiger partial charge in [0, 0.05) is 0 Å². The molecule has 94 valence electrons. The van der Waals surface area contributed by atoms with Gasteiger partial charge in [0.15, 0.2) is 11.5 Å². The summed E-state index contributed by atoms with van der Waals surface area (Å²) < 4.78 is 11.1. The molecule has 0 saturated heterocycles. The minimum absolute atomic E-state index is 0.632. The van der Waals surface area contributed by atoms with Crippen LogP contribution < -0.4 is 4.74 Å². The molecule has 3 nitrogen and oxygen atoms in total. The molecule has 1 aromatic heterocycles. The molecular formula is C16H13NO2. The first-order valence-corrected chi connectivity index (χ1v) is 6.03. The second kappa shape index (κ2) is 4.98. The van der Waals surface area contributed by atoms with E-state index in [1.165, 1.54) is 0 Å². The number of fused-ring (bicyclic) bond motifs is 1. The summed E-state index contributed by atoms with van der Waals surface area (Å²) in [5, 5.41) is 0.958. The quantitative estimate of drug-likeness (QED) is 0.654. The van der Waals surface area contributed by atoms with Crippen molar-refractivity contribution in [2.24, 2.45) is 4.99 Å². The van der Waals surface area contributed by atoms with Crippen molar-refractivity contribution in [1.29, 1.82) is 0 Å². The number of para-hydroxylation sites is 2. The number of furan rings is 1. The van der Waals surface area contributed by atoms with Gasteiger partial charge in [-0.3, -0.25) is 4.99 Å². The summed E-state index contributed by atoms with van der Waals surface area (Å²) >= 11 is 0. The van der Waals surface area contributed by atoms with E-state index in [1.807, 2.05) is 54.6 Å². The third-order valence-corrected chi connectivity index (χ3v) is 2.87. The van der Waals surface area contributed by atoms with Crippen molar-refractivity contribution in [1.82, 2.24) is 0 Å². The maximum Gasteiger partial charge on any atom is 0.188 e. The molecule has 0 N–H and O–H groups in total. The average Bonchev–Trinajstić information content (AvgIpc) is 2.83. The minimum atomic E-state index is 0.632. The van der Waals surface area contributed by atoms with Crippen LogP contribution in [0.3, 0.4) is 0 Å². The maximum absolute atomic E-state index is 5.74. The van der Waals surface area contributed by atoms with Gasteiger partial charge in [0.05, 0.1) is 24.4 Å². The van der Waals surface area contributed by atoms with Crippen molar-refractivity contribution in [3.63, 3.8) is 0 Å². The topological polar surface area (TPSA) is 34.7 Å². The van der Waals surface area contributed by atoms with Crippen LogP contribution in [0, 0.1) is 0 Å². The fourth-order valence-corrected chi connectivity index (χ4v) is 1.98. The third-order valence-electron chi connectivity index (χ3n) is 2.87. The molecular weight excluding hydrogens is 238 g/mol. The van der Waals surface area contributed by atoms with Gasteiger partial charge in [0.1, 0.15) is 5.58 Å². The Morgan fingerprint density at radius 3 is 2.53 bits per heavy atom. The Morgan fingerprint density at radius 2 is 1.74 bits per heavy atom. The van der Waals surface area contributed by atoms with Crippen LogP contribution in [0.25, 0.3) is 11.0 Å². The van der Waals surface area contributed by atoms with E-state index in [0.717, 1.165) is 22.4 Å². The molecule has 0 aliphatic carbocycles. The van der Waals surface area contributed by atoms with Gasteiger partial charge in [-0.1, -0.05) is 30.3 Å². The predicted molar refractivity (Wildman–Crippen MR) is 76.5 cm³/mol. The SMILES string of the molecule is COc1c(C=Nc2ccccc2)oc2ccccc12. The zero-order chi connectivity index (χ0) is 13.1. The lowest BCUT2D eigenvalue weighted by atomic mass is 10.2. The van der Waals surface area contributed by atoms with E-state index in [4.69, 9.17) is 9.15 Å². The summed E-state index contributed by atoms with van der Waals surface area (Å²) in [7, 11) is 1.64. The molecule has 0 spiro atoms. The zero-order valence-electron chi connectivity index (χ0n) is 10.5. The van der Waals surface area contributed by atoms with Crippen molar-refractivity contribution in [3.05, 3.63) is 60.4 Å². The first kappa shape index (κ1) is 11.5. The summed E-state index contributed by atoms with van der Waals surface area (Å²) in [6.45, 7) is 0. The van der Waals surface area contributed by atoms with Gasteiger partial charge in [-0.2, -0.15) is 0 Å². The average molecular weight is 251 g/mol. The van der Waals surface area contributed by atoms with Crippen molar-refractivity contribution >= 4 is 22.9 Å². The van der Waals surface area contributed by atoms with E-state index in [-0.39, 0.29) is 0 Å². The molecule has 0 fully saturated rings. The minimum Gasteiger partial charge on any atom is -0.492 e. The Hall–Kier alpha value is -2.55. The molecule has 3 rings (SSSR count). The van der Waals surface area contributed by atoms with Gasteiger partial charge in [-0.25, -0.2) is 0 Å². The van der Waals surface area contributed by atoms with Gasteiger partial charge in [-0.15, -0.1) is 0 Å². The largest absolute Gasteiger partial charge is 0.492 e. The molecule has 0 unspecified atom stereocenters. The predicted octanol–water partition coefficient (Wildman–Crippen LogP) is 4.19. The number of ether oxygens (including phenoxy) is 1. The highest BCUT2D eigenvalue weighted by atomic mass is 16.5. The molecule has 3 aromatic rings.